The second kappa shape index (κ2) is 15.9. The number of ether oxygens (including phenoxy) is 1. The van der Waals surface area contributed by atoms with Crippen molar-refractivity contribution in [2.75, 3.05) is 39.0 Å². The summed E-state index contributed by atoms with van der Waals surface area (Å²) in [4.78, 5) is 61.5. The van der Waals surface area contributed by atoms with Crippen molar-refractivity contribution in [3.05, 3.63) is 29.8 Å². The highest BCUT2D eigenvalue weighted by Gasteiger charge is 2.25. The number of amides is 6. The lowest BCUT2D eigenvalue weighted by Crippen LogP contribution is -2.51. The maximum atomic E-state index is 12.9. The lowest BCUT2D eigenvalue weighted by Gasteiger charge is -2.22. The molecule has 1 aromatic rings. The second-order valence-corrected chi connectivity index (χ2v) is 9.13. The van der Waals surface area contributed by atoms with E-state index in [2.05, 4.69) is 16.0 Å². The smallest absolute Gasteiger partial charge is 0.409 e. The number of nitrogens with two attached hydrogens (primary N) is 2. The first-order chi connectivity index (χ1) is 17.8. The Morgan fingerprint density at radius 1 is 1.00 bits per heavy atom. The largest absolute Gasteiger partial charge is 0.465 e. The molecular weight excluding hydrogens is 498 g/mol. The molecule has 212 valence electrons. The number of hydrogen-bond acceptors (Lipinski definition) is 7. The number of carbonyl (C=O) groups is 5. The van der Waals surface area contributed by atoms with Crippen molar-refractivity contribution >= 4 is 35.7 Å². The highest BCUT2D eigenvalue weighted by Crippen LogP contribution is 2.13. The number of likely N-dealkylation sites (N-methyl/N-ethyl adjacent to an activating group) is 2. The van der Waals surface area contributed by atoms with Gasteiger partial charge < -0.3 is 47.1 Å². The molecule has 38 heavy (non-hydrogen) atoms. The van der Waals surface area contributed by atoms with E-state index in [9.17, 15) is 24.0 Å². The van der Waals surface area contributed by atoms with Crippen LogP contribution in [0.2, 0.25) is 0 Å². The van der Waals surface area contributed by atoms with Crippen LogP contribution in [0.4, 0.5) is 20.1 Å². The molecule has 14 heteroatoms. The molecule has 0 radical (unpaired) electrons. The normalized spacial score (nSPS) is 12.2. The summed E-state index contributed by atoms with van der Waals surface area (Å²) in [6.45, 7) is 4.12. The summed E-state index contributed by atoms with van der Waals surface area (Å²) >= 11 is 0. The maximum absolute atomic E-state index is 12.9. The average Bonchev–Trinajstić information content (AvgIpc) is 2.86. The predicted octanol–water partition coefficient (Wildman–Crippen LogP) is 0.720. The fraction of sp³-hybridized carbons (Fsp3) is 0.542. The van der Waals surface area contributed by atoms with E-state index in [1.165, 1.54) is 19.0 Å². The van der Waals surface area contributed by atoms with E-state index in [4.69, 9.17) is 21.3 Å². The van der Waals surface area contributed by atoms with E-state index in [0.29, 0.717) is 17.7 Å². The van der Waals surface area contributed by atoms with E-state index < -0.39 is 42.1 Å². The predicted molar refractivity (Wildman–Crippen MR) is 140 cm³/mol. The van der Waals surface area contributed by atoms with Crippen LogP contribution in [0.3, 0.4) is 0 Å². The highest BCUT2D eigenvalue weighted by atomic mass is 16.6. The van der Waals surface area contributed by atoms with Gasteiger partial charge in [-0.05, 0) is 36.5 Å². The molecule has 0 unspecified atom stereocenters. The highest BCUT2D eigenvalue weighted by molar-refractivity contribution is 5.97. The van der Waals surface area contributed by atoms with E-state index in [-0.39, 0.29) is 38.6 Å². The van der Waals surface area contributed by atoms with Crippen LogP contribution in [0, 0.1) is 5.92 Å². The van der Waals surface area contributed by atoms with Crippen molar-refractivity contribution in [2.24, 2.45) is 17.4 Å². The maximum Gasteiger partial charge on any atom is 0.409 e. The molecule has 0 bridgehead atoms. The fourth-order valence-electron chi connectivity index (χ4n) is 3.01. The zero-order valence-electron chi connectivity index (χ0n) is 22.2. The third kappa shape index (κ3) is 11.8. The van der Waals surface area contributed by atoms with Crippen LogP contribution in [0.5, 0.6) is 0 Å². The van der Waals surface area contributed by atoms with E-state index in [1.54, 1.807) is 38.1 Å². The Bertz CT molecular complexity index is 956. The topological polar surface area (TPSA) is 209 Å². The van der Waals surface area contributed by atoms with Gasteiger partial charge in [0, 0.05) is 39.4 Å². The van der Waals surface area contributed by atoms with Gasteiger partial charge in [-0.2, -0.15) is 0 Å². The van der Waals surface area contributed by atoms with Gasteiger partial charge in [0.25, 0.3) is 0 Å². The molecule has 0 aliphatic carbocycles. The van der Waals surface area contributed by atoms with Gasteiger partial charge >= 0.3 is 18.2 Å². The van der Waals surface area contributed by atoms with Gasteiger partial charge in [0.15, 0.2) is 0 Å². The first-order valence-corrected chi connectivity index (χ1v) is 12.1. The second-order valence-electron chi connectivity index (χ2n) is 9.13. The van der Waals surface area contributed by atoms with E-state index >= 15 is 0 Å². The number of carbonyl (C=O) groups excluding carboxylic acids is 4. The van der Waals surface area contributed by atoms with Crippen molar-refractivity contribution < 1.29 is 33.8 Å². The molecule has 1 aromatic carbocycles. The van der Waals surface area contributed by atoms with E-state index in [1.807, 2.05) is 0 Å². The van der Waals surface area contributed by atoms with Crippen molar-refractivity contribution in [3.63, 3.8) is 0 Å². The summed E-state index contributed by atoms with van der Waals surface area (Å²) in [7, 11) is 2.91. The summed E-state index contributed by atoms with van der Waals surface area (Å²) in [6, 6.07) is 4.23. The van der Waals surface area contributed by atoms with Gasteiger partial charge in [-0.1, -0.05) is 26.0 Å². The summed E-state index contributed by atoms with van der Waals surface area (Å²) in [6.07, 6.45) is -1.06. The summed E-state index contributed by atoms with van der Waals surface area (Å²) < 4.78 is 5.23. The van der Waals surface area contributed by atoms with E-state index in [0.717, 1.165) is 4.90 Å². The first-order valence-electron chi connectivity index (χ1n) is 12.1. The summed E-state index contributed by atoms with van der Waals surface area (Å²) in [5.74, 6) is -1.04. The van der Waals surface area contributed by atoms with Gasteiger partial charge in [-0.25, -0.2) is 14.4 Å². The number of carboxylic acid groups (broad SMARTS) is 1. The molecule has 0 fully saturated rings. The number of urea groups is 1. The molecule has 0 aromatic heterocycles. The Kier molecular flexibility index (Phi) is 13.4. The number of benzene rings is 1. The number of rotatable bonds is 14. The molecule has 0 saturated carbocycles. The van der Waals surface area contributed by atoms with Crippen molar-refractivity contribution in [3.8, 4) is 0 Å². The third-order valence-corrected chi connectivity index (χ3v) is 5.62. The van der Waals surface area contributed by atoms with Crippen LogP contribution < -0.4 is 27.4 Å². The zero-order valence-corrected chi connectivity index (χ0v) is 22.2. The lowest BCUT2D eigenvalue weighted by atomic mass is 10.0. The minimum absolute atomic E-state index is 0.0230. The molecule has 0 aliphatic rings. The Balaban J connectivity index is 2.68. The number of primary amides is 1. The Morgan fingerprint density at radius 3 is 2.16 bits per heavy atom. The van der Waals surface area contributed by atoms with Crippen LogP contribution in [0.15, 0.2) is 24.3 Å². The van der Waals surface area contributed by atoms with Gasteiger partial charge in [-0.3, -0.25) is 9.59 Å². The van der Waals surface area contributed by atoms with Crippen LogP contribution >= 0.6 is 0 Å². The molecule has 8 N–H and O–H groups in total. The van der Waals surface area contributed by atoms with Gasteiger partial charge in [0.2, 0.25) is 11.8 Å². The average molecular weight is 538 g/mol. The summed E-state index contributed by atoms with van der Waals surface area (Å²) in [5.41, 5.74) is 12.1. The number of anilines is 1. The van der Waals surface area contributed by atoms with Gasteiger partial charge in [-0.15, -0.1) is 0 Å². The Morgan fingerprint density at radius 2 is 1.61 bits per heavy atom. The van der Waals surface area contributed by atoms with Crippen LogP contribution in [0.1, 0.15) is 32.3 Å². The molecule has 0 saturated heterocycles. The monoisotopic (exact) mass is 537 g/mol. The third-order valence-electron chi connectivity index (χ3n) is 5.62. The summed E-state index contributed by atoms with van der Waals surface area (Å²) in [5, 5.41) is 16.7. The minimum Gasteiger partial charge on any atom is -0.465 e. The molecular formula is C24H39N7O7. The standard InChI is InChI=1S/C24H39N7O7/c1-15(2)19(25)21(33)29-18(6-5-11-27-22(26)34)20(32)28-17-9-7-16(8-10-17)14-38-24(37)31(4)13-12-30(3)23(35)36/h7-10,15,18-19H,5-6,11-14,25H2,1-4H3,(H,28,32)(H,29,33)(H,35,36)(H3,26,27,34)/t18-,19-/m0/s1. The number of nitrogens with one attached hydrogen (secondary N) is 3. The first kappa shape index (κ1) is 32.0. The Labute approximate surface area is 222 Å². The van der Waals surface area contributed by atoms with Crippen LogP contribution in [0.25, 0.3) is 0 Å². The van der Waals surface area contributed by atoms with Gasteiger partial charge in [0.05, 0.1) is 6.04 Å². The Hall–Kier alpha value is -4.07. The zero-order chi connectivity index (χ0) is 28.8. The molecule has 14 nitrogen and oxygen atoms in total. The van der Waals surface area contributed by atoms with Gasteiger partial charge in [0.1, 0.15) is 12.6 Å². The molecule has 0 spiro atoms. The molecule has 1 rings (SSSR count). The molecule has 6 amide bonds. The number of hydrogen-bond donors (Lipinski definition) is 6. The van der Waals surface area contributed by atoms with Crippen LogP contribution in [-0.4, -0.2) is 90.8 Å². The SMILES string of the molecule is CC(C)[C@H](N)C(=O)N[C@@H](CCCNC(N)=O)C(=O)Nc1ccc(COC(=O)N(C)CCN(C)C(=O)O)cc1. The van der Waals surface area contributed by atoms with Crippen molar-refractivity contribution in [1.29, 1.82) is 0 Å². The van der Waals surface area contributed by atoms with Crippen molar-refractivity contribution in [1.82, 2.24) is 20.4 Å². The fourth-order valence-corrected chi connectivity index (χ4v) is 3.01. The minimum atomic E-state index is -1.09. The quantitative estimate of drug-likeness (QED) is 0.186. The molecule has 2 atom stereocenters. The molecule has 0 heterocycles. The van der Waals surface area contributed by atoms with Crippen LogP contribution in [-0.2, 0) is 20.9 Å². The number of nitrogens with zero attached hydrogens (tertiary/aromatic N) is 2. The van der Waals surface area contributed by atoms with Crippen molar-refractivity contribution in [2.45, 2.75) is 45.4 Å². The lowest BCUT2D eigenvalue weighted by molar-refractivity contribution is -0.128. The molecule has 0 aliphatic heterocycles.